The Bertz CT molecular complexity index is 1960. The first-order valence-electron chi connectivity index (χ1n) is 14.3. The first-order valence-corrected chi connectivity index (χ1v) is 15.1. The normalized spacial score (nSPS) is 13.9. The van der Waals surface area contributed by atoms with Crippen LogP contribution in [0.5, 0.6) is 5.75 Å². The van der Waals surface area contributed by atoms with Gasteiger partial charge in [0, 0.05) is 62.1 Å². The lowest BCUT2D eigenvalue weighted by Crippen LogP contribution is -2.51. The van der Waals surface area contributed by atoms with Gasteiger partial charge in [0.05, 0.1) is 16.8 Å². The minimum absolute atomic E-state index is 0.169. The number of thiophene rings is 1. The highest BCUT2D eigenvalue weighted by molar-refractivity contribution is 7.20. The van der Waals surface area contributed by atoms with Gasteiger partial charge < -0.3 is 24.6 Å². The highest BCUT2D eigenvalue weighted by Crippen LogP contribution is 2.41. The molecule has 13 nitrogen and oxygen atoms in total. The van der Waals surface area contributed by atoms with E-state index in [1.807, 2.05) is 0 Å². The first-order chi connectivity index (χ1) is 21.9. The molecule has 0 bridgehead atoms. The van der Waals surface area contributed by atoms with Crippen molar-refractivity contribution in [3.8, 4) is 17.0 Å². The number of ether oxygens (including phenoxy) is 2. The zero-order valence-corrected chi connectivity index (χ0v) is 26.2. The maximum absolute atomic E-state index is 13.6. The van der Waals surface area contributed by atoms with Gasteiger partial charge in [0.1, 0.15) is 22.6 Å². The van der Waals surface area contributed by atoms with Gasteiger partial charge in [-0.1, -0.05) is 0 Å². The molecule has 0 aliphatic carbocycles. The van der Waals surface area contributed by atoms with Gasteiger partial charge in [-0.25, -0.2) is 14.3 Å². The summed E-state index contributed by atoms with van der Waals surface area (Å²) in [7, 11) is 1.63. The highest BCUT2D eigenvalue weighted by atomic mass is 32.1. The summed E-state index contributed by atoms with van der Waals surface area (Å²) in [6, 6.07) is 6.35. The van der Waals surface area contributed by atoms with Gasteiger partial charge in [-0.15, -0.1) is 11.3 Å². The number of hydrogen-bond acceptors (Lipinski definition) is 9. The lowest BCUT2D eigenvalue weighted by atomic mass is 10.1. The molecule has 5 heterocycles. The second kappa shape index (κ2) is 12.0. The number of anilines is 1. The van der Waals surface area contributed by atoms with Crippen molar-refractivity contribution in [3.05, 3.63) is 59.5 Å². The Morgan fingerprint density at radius 1 is 1.07 bits per heavy atom. The second-order valence-electron chi connectivity index (χ2n) is 11.6. The van der Waals surface area contributed by atoms with E-state index in [0.29, 0.717) is 46.8 Å². The van der Waals surface area contributed by atoms with E-state index in [4.69, 9.17) is 9.47 Å². The smallest absolute Gasteiger partial charge is 0.410 e. The lowest BCUT2D eigenvalue weighted by molar-refractivity contribution is -0.0493. The van der Waals surface area contributed by atoms with Crippen molar-refractivity contribution in [3.63, 3.8) is 0 Å². The Balaban J connectivity index is 1.27. The summed E-state index contributed by atoms with van der Waals surface area (Å²) in [6.45, 7) is 3.52. The Morgan fingerprint density at radius 3 is 2.52 bits per heavy atom. The SMILES string of the molecule is Cn1cc(NC(=O)c2cnn3cccnc23)c(-c2cc3sc(C(=O)N4CCN(C(=O)OC(C)(C)C)CC4)cc3cc2OC(F)F)n1. The van der Waals surface area contributed by atoms with E-state index < -0.39 is 24.2 Å². The number of nitrogens with one attached hydrogen (secondary N) is 1. The van der Waals surface area contributed by atoms with Crippen LogP contribution in [0.2, 0.25) is 0 Å². The third kappa shape index (κ3) is 6.33. The minimum Gasteiger partial charge on any atom is -0.444 e. The Hall–Kier alpha value is -5.12. The molecule has 1 fully saturated rings. The molecule has 46 heavy (non-hydrogen) atoms. The monoisotopic (exact) mass is 652 g/mol. The van der Waals surface area contributed by atoms with Gasteiger partial charge >= 0.3 is 12.7 Å². The van der Waals surface area contributed by atoms with Gasteiger partial charge in [-0.05, 0) is 50.4 Å². The number of carbonyl (C=O) groups excluding carboxylic acids is 3. The number of halogens is 2. The molecule has 6 rings (SSSR count). The zero-order valence-electron chi connectivity index (χ0n) is 25.4. The summed E-state index contributed by atoms with van der Waals surface area (Å²) in [4.78, 5) is 46.9. The molecule has 240 valence electrons. The van der Waals surface area contributed by atoms with Crippen molar-refractivity contribution < 1.29 is 32.6 Å². The molecule has 4 aromatic heterocycles. The van der Waals surface area contributed by atoms with Gasteiger partial charge in [-0.2, -0.15) is 19.0 Å². The fraction of sp³-hybridized carbons (Fsp3) is 0.333. The molecule has 1 aliphatic rings. The average Bonchev–Trinajstić information content (AvgIpc) is 3.71. The van der Waals surface area contributed by atoms with Crippen LogP contribution < -0.4 is 10.1 Å². The molecule has 0 radical (unpaired) electrons. The first kappa shape index (κ1) is 30.9. The van der Waals surface area contributed by atoms with Gasteiger partial charge in [-0.3, -0.25) is 14.3 Å². The fourth-order valence-corrected chi connectivity index (χ4v) is 6.13. The van der Waals surface area contributed by atoms with E-state index >= 15 is 0 Å². The van der Waals surface area contributed by atoms with E-state index in [0.717, 1.165) is 0 Å². The van der Waals surface area contributed by atoms with Crippen LogP contribution in [0.4, 0.5) is 19.3 Å². The van der Waals surface area contributed by atoms with Gasteiger partial charge in [0.15, 0.2) is 5.65 Å². The molecule has 1 saturated heterocycles. The number of hydrogen-bond donors (Lipinski definition) is 1. The quantitative estimate of drug-likeness (QED) is 0.274. The molecular weight excluding hydrogens is 622 g/mol. The molecule has 16 heteroatoms. The molecule has 1 aromatic carbocycles. The van der Waals surface area contributed by atoms with Crippen LogP contribution in [0, 0.1) is 0 Å². The molecule has 1 aliphatic heterocycles. The van der Waals surface area contributed by atoms with Crippen LogP contribution in [-0.2, 0) is 11.8 Å². The molecule has 0 spiro atoms. The Labute approximate surface area is 265 Å². The van der Waals surface area contributed by atoms with Crippen LogP contribution in [0.25, 0.3) is 27.0 Å². The topological polar surface area (TPSA) is 136 Å². The molecule has 1 N–H and O–H groups in total. The Kier molecular flexibility index (Phi) is 8.06. The summed E-state index contributed by atoms with van der Waals surface area (Å²) in [5, 5.41) is 11.9. The number of fused-ring (bicyclic) bond motifs is 2. The number of aromatic nitrogens is 5. The molecule has 0 unspecified atom stereocenters. The summed E-state index contributed by atoms with van der Waals surface area (Å²) in [5.41, 5.74) is 0.572. The van der Waals surface area contributed by atoms with Crippen LogP contribution in [0.15, 0.2) is 49.1 Å². The molecule has 0 atom stereocenters. The number of aryl methyl sites for hydroxylation is 1. The molecular formula is C30H30F2N8O5S. The van der Waals surface area contributed by atoms with Crippen molar-refractivity contribution in [2.75, 3.05) is 31.5 Å². The second-order valence-corrected chi connectivity index (χ2v) is 12.7. The number of piperazine rings is 1. The zero-order chi connectivity index (χ0) is 32.7. The van der Waals surface area contributed by atoms with Crippen molar-refractivity contribution in [1.29, 1.82) is 0 Å². The minimum atomic E-state index is -3.14. The van der Waals surface area contributed by atoms with Gasteiger partial charge in [0.2, 0.25) is 0 Å². The van der Waals surface area contributed by atoms with Gasteiger partial charge in [0.25, 0.3) is 11.8 Å². The van der Waals surface area contributed by atoms with Crippen molar-refractivity contribution >= 4 is 50.7 Å². The maximum atomic E-state index is 13.6. The van der Waals surface area contributed by atoms with Crippen molar-refractivity contribution in [2.24, 2.45) is 7.05 Å². The largest absolute Gasteiger partial charge is 0.444 e. The van der Waals surface area contributed by atoms with E-state index in [1.165, 1.54) is 39.0 Å². The molecule has 3 amide bonds. The molecule has 0 saturated carbocycles. The predicted molar refractivity (Wildman–Crippen MR) is 165 cm³/mol. The lowest BCUT2D eigenvalue weighted by Gasteiger charge is -2.35. The summed E-state index contributed by atoms with van der Waals surface area (Å²) in [6.07, 6.45) is 5.69. The third-order valence-electron chi connectivity index (χ3n) is 7.12. The van der Waals surface area contributed by atoms with Crippen LogP contribution in [0.3, 0.4) is 0 Å². The third-order valence-corrected chi connectivity index (χ3v) is 8.21. The summed E-state index contributed by atoms with van der Waals surface area (Å²) < 4.78 is 41.0. The highest BCUT2D eigenvalue weighted by Gasteiger charge is 2.29. The molecule has 5 aromatic rings. The predicted octanol–water partition coefficient (Wildman–Crippen LogP) is 4.89. The number of nitrogens with zero attached hydrogens (tertiary/aromatic N) is 7. The van der Waals surface area contributed by atoms with E-state index in [1.54, 1.807) is 68.2 Å². The fourth-order valence-electron chi connectivity index (χ4n) is 5.08. The summed E-state index contributed by atoms with van der Waals surface area (Å²) >= 11 is 1.20. The standard InChI is InChI=1S/C30H30F2N8O5S/c1-30(2,3)45-29(43)39-10-8-38(9-11-39)27(42)23-13-17-12-21(44-28(31)32)18(14-22(17)46-23)24-20(16-37(4)36-24)35-26(41)19-15-34-40-7-5-6-33-25(19)40/h5-7,12-16,28H,8-11H2,1-4H3,(H,35,41). The van der Waals surface area contributed by atoms with Crippen LogP contribution >= 0.6 is 11.3 Å². The average molecular weight is 653 g/mol. The number of amides is 3. The van der Waals surface area contributed by atoms with E-state index in [-0.39, 0.29) is 34.2 Å². The maximum Gasteiger partial charge on any atom is 0.410 e. The van der Waals surface area contributed by atoms with Crippen LogP contribution in [-0.4, -0.2) is 90.5 Å². The van der Waals surface area contributed by atoms with Crippen LogP contribution in [0.1, 0.15) is 40.8 Å². The number of carbonyl (C=O) groups is 3. The number of benzene rings is 1. The van der Waals surface area contributed by atoms with Crippen molar-refractivity contribution in [2.45, 2.75) is 33.0 Å². The van der Waals surface area contributed by atoms with Crippen molar-refractivity contribution in [1.82, 2.24) is 34.2 Å². The van der Waals surface area contributed by atoms with E-state index in [2.05, 4.69) is 20.5 Å². The number of alkyl halides is 2. The van der Waals surface area contributed by atoms with E-state index in [9.17, 15) is 23.2 Å². The number of rotatable bonds is 6. The Morgan fingerprint density at radius 2 is 1.80 bits per heavy atom. The summed E-state index contributed by atoms with van der Waals surface area (Å²) in [5.74, 6) is -0.927.